The number of hydrogen-bond acceptors (Lipinski definition) is 3. The number of ether oxygens (including phenoxy) is 1. The van der Waals surface area contributed by atoms with E-state index in [0.29, 0.717) is 12.6 Å². The molecular formula is C13H21N3O. The van der Waals surface area contributed by atoms with Crippen molar-refractivity contribution in [1.82, 2.24) is 0 Å². The number of methoxy groups -OCH3 is 1. The molecule has 0 spiro atoms. The van der Waals surface area contributed by atoms with Crippen LogP contribution in [0.15, 0.2) is 18.2 Å². The Morgan fingerprint density at radius 2 is 2.18 bits per heavy atom. The van der Waals surface area contributed by atoms with Crippen LogP contribution in [-0.2, 0) is 4.74 Å². The van der Waals surface area contributed by atoms with E-state index in [0.717, 1.165) is 16.8 Å². The molecule has 0 saturated carbocycles. The van der Waals surface area contributed by atoms with E-state index in [1.165, 1.54) is 0 Å². The lowest BCUT2D eigenvalue weighted by Gasteiger charge is -2.27. The van der Waals surface area contributed by atoms with Gasteiger partial charge in [0.1, 0.15) is 5.84 Å². The van der Waals surface area contributed by atoms with Gasteiger partial charge in [0, 0.05) is 31.5 Å². The molecule has 4 nitrogen and oxygen atoms in total. The summed E-state index contributed by atoms with van der Waals surface area (Å²) < 4.78 is 5.14. The van der Waals surface area contributed by atoms with Gasteiger partial charge in [0.25, 0.3) is 0 Å². The molecule has 0 aliphatic rings. The highest BCUT2D eigenvalue weighted by Gasteiger charge is 2.11. The Bertz CT molecular complexity index is 404. The fourth-order valence-electron chi connectivity index (χ4n) is 1.78. The van der Waals surface area contributed by atoms with E-state index < -0.39 is 0 Å². The fourth-order valence-corrected chi connectivity index (χ4v) is 1.78. The predicted molar refractivity (Wildman–Crippen MR) is 71.9 cm³/mol. The topological polar surface area (TPSA) is 62.3 Å². The summed E-state index contributed by atoms with van der Waals surface area (Å²) in [5.41, 5.74) is 8.42. The number of aryl methyl sites for hydroxylation is 1. The number of nitrogens with two attached hydrogens (primary N) is 1. The molecule has 4 heteroatoms. The standard InChI is InChI=1S/C13H21N3O/c1-9-7-11(5-6-12(9)13(14)15)16(3)10(2)8-17-4/h5-7,10H,8H2,1-4H3,(H3,14,15). The normalized spacial score (nSPS) is 12.2. The molecule has 1 rings (SSSR count). The first-order chi connectivity index (χ1) is 7.97. The highest BCUT2D eigenvalue weighted by atomic mass is 16.5. The average Bonchev–Trinajstić information content (AvgIpc) is 2.27. The van der Waals surface area contributed by atoms with E-state index in [-0.39, 0.29) is 5.84 Å². The molecule has 0 heterocycles. The van der Waals surface area contributed by atoms with Crippen LogP contribution in [0.25, 0.3) is 0 Å². The Morgan fingerprint density at radius 3 is 2.65 bits per heavy atom. The minimum atomic E-state index is 0.113. The van der Waals surface area contributed by atoms with Crippen LogP contribution in [0.1, 0.15) is 18.1 Å². The first-order valence-electron chi connectivity index (χ1n) is 5.64. The Kier molecular flexibility index (Phi) is 4.52. The number of benzene rings is 1. The van der Waals surface area contributed by atoms with Crippen LogP contribution < -0.4 is 10.6 Å². The largest absolute Gasteiger partial charge is 0.384 e. The highest BCUT2D eigenvalue weighted by Crippen LogP contribution is 2.19. The highest BCUT2D eigenvalue weighted by molar-refractivity contribution is 5.96. The lowest BCUT2D eigenvalue weighted by Crippen LogP contribution is -2.32. The van der Waals surface area contributed by atoms with Gasteiger partial charge >= 0.3 is 0 Å². The number of nitrogens with zero attached hydrogens (tertiary/aromatic N) is 1. The fraction of sp³-hybridized carbons (Fsp3) is 0.462. The Hall–Kier alpha value is -1.55. The smallest absolute Gasteiger partial charge is 0.123 e. The number of nitrogens with one attached hydrogen (secondary N) is 1. The summed E-state index contributed by atoms with van der Waals surface area (Å²) in [5.74, 6) is 0.113. The molecule has 1 atom stereocenters. The van der Waals surface area contributed by atoms with Crippen molar-refractivity contribution in [3.63, 3.8) is 0 Å². The molecule has 1 unspecified atom stereocenters. The van der Waals surface area contributed by atoms with Gasteiger partial charge in [0.2, 0.25) is 0 Å². The molecule has 1 aromatic carbocycles. The number of nitrogen functional groups attached to an aromatic ring is 1. The van der Waals surface area contributed by atoms with Gasteiger partial charge < -0.3 is 15.4 Å². The third-order valence-electron chi connectivity index (χ3n) is 2.98. The van der Waals surface area contributed by atoms with Gasteiger partial charge in [0.05, 0.1) is 6.61 Å². The van der Waals surface area contributed by atoms with Crippen molar-refractivity contribution >= 4 is 11.5 Å². The summed E-state index contributed by atoms with van der Waals surface area (Å²) in [6, 6.07) is 6.23. The lowest BCUT2D eigenvalue weighted by atomic mass is 10.1. The van der Waals surface area contributed by atoms with Crippen LogP contribution in [0.3, 0.4) is 0 Å². The molecule has 0 bridgehead atoms. The number of anilines is 1. The average molecular weight is 235 g/mol. The number of likely N-dealkylation sites (N-methyl/N-ethyl adjacent to an activating group) is 1. The second-order valence-electron chi connectivity index (χ2n) is 4.33. The third-order valence-corrected chi connectivity index (χ3v) is 2.98. The van der Waals surface area contributed by atoms with Crippen LogP contribution in [-0.4, -0.2) is 32.6 Å². The van der Waals surface area contributed by atoms with Crippen LogP contribution in [0.5, 0.6) is 0 Å². The maximum atomic E-state index is 7.45. The molecule has 0 fully saturated rings. The minimum absolute atomic E-state index is 0.113. The summed E-state index contributed by atoms with van der Waals surface area (Å²) in [4.78, 5) is 2.15. The Morgan fingerprint density at radius 1 is 1.53 bits per heavy atom. The van der Waals surface area contributed by atoms with Gasteiger partial charge in [-0.25, -0.2) is 0 Å². The van der Waals surface area contributed by atoms with Crippen molar-refractivity contribution in [2.45, 2.75) is 19.9 Å². The van der Waals surface area contributed by atoms with Crippen molar-refractivity contribution in [3.05, 3.63) is 29.3 Å². The number of amidine groups is 1. The molecule has 0 aliphatic carbocycles. The van der Waals surface area contributed by atoms with Gasteiger partial charge in [0.15, 0.2) is 0 Å². The molecule has 0 aromatic heterocycles. The van der Waals surface area contributed by atoms with Crippen LogP contribution in [0.2, 0.25) is 0 Å². The van der Waals surface area contributed by atoms with Crippen molar-refractivity contribution in [2.75, 3.05) is 25.7 Å². The van der Waals surface area contributed by atoms with Crippen molar-refractivity contribution in [3.8, 4) is 0 Å². The van der Waals surface area contributed by atoms with E-state index in [1.54, 1.807) is 7.11 Å². The molecule has 94 valence electrons. The number of hydrogen-bond donors (Lipinski definition) is 2. The Balaban J connectivity index is 2.93. The van der Waals surface area contributed by atoms with Crippen molar-refractivity contribution in [2.24, 2.45) is 5.73 Å². The predicted octanol–water partition coefficient (Wildman–Crippen LogP) is 1.75. The second-order valence-corrected chi connectivity index (χ2v) is 4.33. The lowest BCUT2D eigenvalue weighted by molar-refractivity contribution is 0.183. The zero-order valence-corrected chi connectivity index (χ0v) is 10.9. The van der Waals surface area contributed by atoms with Crippen molar-refractivity contribution < 1.29 is 4.74 Å². The SMILES string of the molecule is COCC(C)N(C)c1ccc(C(=N)N)c(C)c1. The van der Waals surface area contributed by atoms with Gasteiger partial charge in [-0.2, -0.15) is 0 Å². The van der Waals surface area contributed by atoms with E-state index in [2.05, 4.69) is 11.8 Å². The van der Waals surface area contributed by atoms with Gasteiger partial charge in [-0.3, -0.25) is 5.41 Å². The minimum Gasteiger partial charge on any atom is -0.384 e. The molecule has 3 N–H and O–H groups in total. The van der Waals surface area contributed by atoms with E-state index >= 15 is 0 Å². The van der Waals surface area contributed by atoms with Crippen molar-refractivity contribution in [1.29, 1.82) is 5.41 Å². The van der Waals surface area contributed by atoms with Crippen LogP contribution >= 0.6 is 0 Å². The third kappa shape index (κ3) is 3.20. The summed E-state index contributed by atoms with van der Waals surface area (Å²) in [5, 5.41) is 7.45. The summed E-state index contributed by atoms with van der Waals surface area (Å²) >= 11 is 0. The first-order valence-corrected chi connectivity index (χ1v) is 5.64. The summed E-state index contributed by atoms with van der Waals surface area (Å²) in [6.45, 7) is 4.76. The van der Waals surface area contributed by atoms with Gasteiger partial charge in [-0.05, 0) is 37.6 Å². The molecular weight excluding hydrogens is 214 g/mol. The monoisotopic (exact) mass is 235 g/mol. The molecule has 1 aromatic rings. The molecule has 0 radical (unpaired) electrons. The maximum absolute atomic E-state index is 7.45. The molecule has 0 saturated heterocycles. The van der Waals surface area contributed by atoms with Crippen LogP contribution in [0, 0.1) is 12.3 Å². The van der Waals surface area contributed by atoms with Gasteiger partial charge in [-0.15, -0.1) is 0 Å². The van der Waals surface area contributed by atoms with E-state index in [9.17, 15) is 0 Å². The maximum Gasteiger partial charge on any atom is 0.123 e. The Labute approximate surface area is 103 Å². The second kappa shape index (κ2) is 5.68. The zero-order chi connectivity index (χ0) is 13.0. The number of rotatable bonds is 5. The molecule has 17 heavy (non-hydrogen) atoms. The quantitative estimate of drug-likeness (QED) is 0.603. The van der Waals surface area contributed by atoms with E-state index in [1.807, 2.05) is 32.2 Å². The summed E-state index contributed by atoms with van der Waals surface area (Å²) in [7, 11) is 3.74. The van der Waals surface area contributed by atoms with Gasteiger partial charge in [-0.1, -0.05) is 0 Å². The first kappa shape index (κ1) is 13.5. The molecule has 0 aliphatic heterocycles. The van der Waals surface area contributed by atoms with Crippen LogP contribution in [0.4, 0.5) is 5.69 Å². The zero-order valence-electron chi connectivity index (χ0n) is 10.9. The summed E-state index contributed by atoms with van der Waals surface area (Å²) in [6.07, 6.45) is 0. The molecule has 0 amide bonds. The van der Waals surface area contributed by atoms with E-state index in [4.69, 9.17) is 15.9 Å².